The molecule has 0 saturated heterocycles. The fraction of sp³-hybridized carbons (Fsp3) is 0.214. The highest BCUT2D eigenvalue weighted by molar-refractivity contribution is 5.82. The van der Waals surface area contributed by atoms with Crippen molar-refractivity contribution in [3.05, 3.63) is 52.0 Å². The Balaban J connectivity index is 1.99. The maximum Gasteiger partial charge on any atom is 0.343 e. The first-order valence-corrected chi connectivity index (χ1v) is 6.63. The zero-order valence-electron chi connectivity index (χ0n) is 12.6. The van der Waals surface area contributed by atoms with Crippen LogP contribution in [-0.2, 0) is 11.3 Å². The Morgan fingerprint density at radius 3 is 3.04 bits per heavy atom. The molecule has 1 aromatic carbocycles. The molecule has 0 atom stereocenters. The zero-order chi connectivity index (χ0) is 16.8. The molecule has 1 heterocycles. The van der Waals surface area contributed by atoms with Crippen molar-refractivity contribution in [2.24, 2.45) is 5.10 Å². The van der Waals surface area contributed by atoms with Crippen LogP contribution in [0.5, 0.6) is 5.75 Å². The molecule has 1 N–H and O–H groups in total. The third-order valence-electron chi connectivity index (χ3n) is 3.02. The molecule has 1 aromatic heterocycles. The Morgan fingerprint density at radius 1 is 1.57 bits per heavy atom. The number of rotatable bonds is 6. The van der Waals surface area contributed by atoms with Crippen molar-refractivity contribution in [1.82, 2.24) is 15.0 Å². The number of aromatic nitrogens is 2. The molecule has 9 heteroatoms. The highest BCUT2D eigenvalue weighted by Crippen LogP contribution is 2.13. The highest BCUT2D eigenvalue weighted by Gasteiger charge is 2.19. The van der Waals surface area contributed by atoms with Crippen LogP contribution in [0.15, 0.2) is 35.6 Å². The largest absolute Gasteiger partial charge is 0.497 e. The lowest BCUT2D eigenvalue weighted by molar-refractivity contribution is -0.392. The number of amides is 1. The van der Waals surface area contributed by atoms with Gasteiger partial charge in [0.1, 0.15) is 11.9 Å². The number of nitrogens with zero attached hydrogens (tertiary/aromatic N) is 4. The first kappa shape index (κ1) is 16.1. The molecule has 0 unspecified atom stereocenters. The number of carbonyl (C=O) groups excluding carboxylic acids is 1. The number of hydrogen-bond acceptors (Lipinski definition) is 6. The van der Waals surface area contributed by atoms with Gasteiger partial charge in [0.15, 0.2) is 12.4 Å². The molecule has 0 spiro atoms. The van der Waals surface area contributed by atoms with Gasteiger partial charge in [-0.15, -0.1) is 0 Å². The van der Waals surface area contributed by atoms with Gasteiger partial charge >= 0.3 is 5.82 Å². The van der Waals surface area contributed by atoms with E-state index in [4.69, 9.17) is 4.74 Å². The maximum atomic E-state index is 11.8. The monoisotopic (exact) mass is 317 g/mol. The summed E-state index contributed by atoms with van der Waals surface area (Å²) in [6, 6.07) is 7.13. The van der Waals surface area contributed by atoms with Crippen molar-refractivity contribution in [1.29, 1.82) is 0 Å². The van der Waals surface area contributed by atoms with Gasteiger partial charge in [0, 0.05) is 6.92 Å². The van der Waals surface area contributed by atoms with Crippen LogP contribution in [0.1, 0.15) is 11.4 Å². The van der Waals surface area contributed by atoms with Gasteiger partial charge in [-0.1, -0.05) is 12.1 Å². The van der Waals surface area contributed by atoms with Crippen molar-refractivity contribution in [2.75, 3.05) is 7.11 Å². The number of imidazole rings is 1. The normalized spacial score (nSPS) is 10.7. The topological polar surface area (TPSA) is 112 Å². The number of benzene rings is 1. The SMILES string of the molecule is COc1cccc(/C=N/NC(=O)Cn2c([N+](=O)[O-])cnc2C)c1. The van der Waals surface area contributed by atoms with Crippen molar-refractivity contribution >= 4 is 17.9 Å². The van der Waals surface area contributed by atoms with E-state index in [-0.39, 0.29) is 12.4 Å². The number of ether oxygens (including phenoxy) is 1. The van der Waals surface area contributed by atoms with Gasteiger partial charge < -0.3 is 14.9 Å². The molecule has 23 heavy (non-hydrogen) atoms. The van der Waals surface area contributed by atoms with E-state index < -0.39 is 10.8 Å². The number of nitro groups is 1. The second-order valence-electron chi connectivity index (χ2n) is 4.58. The Labute approximate surface area is 131 Å². The average molecular weight is 317 g/mol. The van der Waals surface area contributed by atoms with E-state index in [9.17, 15) is 14.9 Å². The predicted molar refractivity (Wildman–Crippen MR) is 82.3 cm³/mol. The molecule has 0 radical (unpaired) electrons. The van der Waals surface area contributed by atoms with Crippen LogP contribution in [0.25, 0.3) is 0 Å². The molecule has 1 amide bonds. The van der Waals surface area contributed by atoms with E-state index in [2.05, 4.69) is 15.5 Å². The standard InChI is InChI=1S/C14H15N5O4/c1-10-15-8-14(19(21)22)18(10)9-13(20)17-16-7-11-4-3-5-12(6-11)23-2/h3-8H,9H2,1-2H3,(H,17,20)/b16-7+. The van der Waals surface area contributed by atoms with Crippen LogP contribution < -0.4 is 10.2 Å². The summed E-state index contributed by atoms with van der Waals surface area (Å²) in [5.41, 5.74) is 3.06. The first-order chi connectivity index (χ1) is 11.0. The quantitative estimate of drug-likeness (QED) is 0.489. The van der Waals surface area contributed by atoms with E-state index in [0.717, 1.165) is 11.8 Å². The van der Waals surface area contributed by atoms with Gasteiger partial charge in [0.2, 0.25) is 0 Å². The smallest absolute Gasteiger partial charge is 0.343 e. The lowest BCUT2D eigenvalue weighted by Gasteiger charge is -2.02. The molecule has 0 aliphatic rings. The van der Waals surface area contributed by atoms with Crippen molar-refractivity contribution in [3.8, 4) is 5.75 Å². The third-order valence-corrected chi connectivity index (χ3v) is 3.02. The summed E-state index contributed by atoms with van der Waals surface area (Å²) in [6.07, 6.45) is 2.57. The van der Waals surface area contributed by atoms with Crippen LogP contribution in [-0.4, -0.2) is 33.7 Å². The summed E-state index contributed by atoms with van der Waals surface area (Å²) in [6.45, 7) is 1.34. The zero-order valence-corrected chi connectivity index (χ0v) is 12.6. The Kier molecular flexibility index (Phi) is 5.03. The van der Waals surface area contributed by atoms with Gasteiger partial charge in [-0.25, -0.2) is 15.0 Å². The molecule has 120 valence electrons. The van der Waals surface area contributed by atoms with E-state index >= 15 is 0 Å². The maximum absolute atomic E-state index is 11.8. The minimum absolute atomic E-state index is 0.238. The highest BCUT2D eigenvalue weighted by atomic mass is 16.6. The number of aryl methyl sites for hydroxylation is 1. The van der Waals surface area contributed by atoms with E-state index in [1.54, 1.807) is 38.3 Å². The molecular formula is C14H15N5O4. The molecule has 2 aromatic rings. The average Bonchev–Trinajstić information content (AvgIpc) is 2.89. The van der Waals surface area contributed by atoms with Gasteiger partial charge in [-0.05, 0) is 22.6 Å². The van der Waals surface area contributed by atoms with Crippen LogP contribution in [0.3, 0.4) is 0 Å². The van der Waals surface area contributed by atoms with E-state index in [1.165, 1.54) is 10.8 Å². The summed E-state index contributed by atoms with van der Waals surface area (Å²) >= 11 is 0. The molecule has 9 nitrogen and oxygen atoms in total. The van der Waals surface area contributed by atoms with Crippen molar-refractivity contribution in [2.45, 2.75) is 13.5 Å². The van der Waals surface area contributed by atoms with Crippen LogP contribution >= 0.6 is 0 Å². The summed E-state index contributed by atoms with van der Waals surface area (Å²) in [5, 5.41) is 14.7. The lowest BCUT2D eigenvalue weighted by atomic mass is 10.2. The second kappa shape index (κ2) is 7.16. The number of hydrogen-bond donors (Lipinski definition) is 1. The molecule has 0 saturated carbocycles. The van der Waals surface area contributed by atoms with Gasteiger partial charge in [-0.2, -0.15) is 5.10 Å². The fourth-order valence-corrected chi connectivity index (χ4v) is 1.88. The third kappa shape index (κ3) is 4.13. The lowest BCUT2D eigenvalue weighted by Crippen LogP contribution is -2.24. The second-order valence-corrected chi connectivity index (χ2v) is 4.58. The van der Waals surface area contributed by atoms with E-state index in [1.807, 2.05) is 0 Å². The molecule has 0 aliphatic carbocycles. The first-order valence-electron chi connectivity index (χ1n) is 6.63. The number of hydrazone groups is 1. The van der Waals surface area contributed by atoms with E-state index in [0.29, 0.717) is 11.6 Å². The van der Waals surface area contributed by atoms with Crippen molar-refractivity contribution in [3.63, 3.8) is 0 Å². The summed E-state index contributed by atoms with van der Waals surface area (Å²) < 4.78 is 6.28. The molecule has 2 rings (SSSR count). The van der Waals surface area contributed by atoms with Gasteiger partial charge in [0.25, 0.3) is 5.91 Å². The molecule has 0 aliphatic heterocycles. The molecule has 0 fully saturated rings. The van der Waals surface area contributed by atoms with Crippen LogP contribution in [0, 0.1) is 17.0 Å². The molecule has 0 bridgehead atoms. The fourth-order valence-electron chi connectivity index (χ4n) is 1.88. The number of nitrogens with one attached hydrogen (secondary N) is 1. The number of methoxy groups -OCH3 is 1. The minimum Gasteiger partial charge on any atom is -0.497 e. The Bertz CT molecular complexity index is 753. The Morgan fingerprint density at radius 2 is 2.35 bits per heavy atom. The van der Waals surface area contributed by atoms with Crippen LogP contribution in [0.2, 0.25) is 0 Å². The predicted octanol–water partition coefficient (Wildman–Crippen LogP) is 1.26. The summed E-state index contributed by atoms with van der Waals surface area (Å²) in [4.78, 5) is 25.9. The number of carbonyl (C=O) groups is 1. The summed E-state index contributed by atoms with van der Waals surface area (Å²) in [7, 11) is 1.55. The van der Waals surface area contributed by atoms with Crippen LogP contribution in [0.4, 0.5) is 5.82 Å². The summed E-state index contributed by atoms with van der Waals surface area (Å²) in [5.74, 6) is 0.316. The van der Waals surface area contributed by atoms with Gasteiger partial charge in [0.05, 0.1) is 13.3 Å². The minimum atomic E-state index is -0.590. The molecular weight excluding hydrogens is 302 g/mol. The van der Waals surface area contributed by atoms with Crippen molar-refractivity contribution < 1.29 is 14.5 Å². The van der Waals surface area contributed by atoms with Gasteiger partial charge in [-0.3, -0.25) is 4.79 Å². The Hall–Kier alpha value is -3.23.